The van der Waals surface area contributed by atoms with Crippen LogP contribution >= 0.6 is 0 Å². The van der Waals surface area contributed by atoms with E-state index in [1.807, 2.05) is 19.9 Å². The first-order chi connectivity index (χ1) is 8.66. The maximum absolute atomic E-state index is 12.1. The summed E-state index contributed by atoms with van der Waals surface area (Å²) in [5, 5.41) is 6.59. The number of hydrogen-bond acceptors (Lipinski definition) is 3. The average molecular weight is 246 g/mol. The lowest BCUT2D eigenvalue weighted by Gasteiger charge is -2.21. The average Bonchev–Trinajstić information content (AvgIpc) is 2.81. The summed E-state index contributed by atoms with van der Waals surface area (Å²) in [4.78, 5) is 16.6. The van der Waals surface area contributed by atoms with Crippen LogP contribution in [0.4, 0.5) is 0 Å². The zero-order chi connectivity index (χ0) is 12.7. The Morgan fingerprint density at radius 1 is 1.44 bits per heavy atom. The number of aromatic nitrogens is 3. The summed E-state index contributed by atoms with van der Waals surface area (Å²) in [5.41, 5.74) is 3.36. The number of nitrogens with zero attached hydrogens (tertiary/aromatic N) is 2. The highest BCUT2D eigenvalue weighted by Gasteiger charge is 2.18. The molecule has 18 heavy (non-hydrogen) atoms. The molecule has 2 aromatic rings. The Morgan fingerprint density at radius 2 is 2.28 bits per heavy atom. The Hall–Kier alpha value is -1.62. The molecular formula is C13H18N4O. The van der Waals surface area contributed by atoms with E-state index in [1.165, 1.54) is 6.42 Å². The first-order valence-electron chi connectivity index (χ1n) is 6.46. The summed E-state index contributed by atoms with van der Waals surface area (Å²) >= 11 is 0. The molecule has 0 radical (unpaired) electrons. The first-order valence-corrected chi connectivity index (χ1v) is 6.46. The third-order valence-electron chi connectivity index (χ3n) is 3.84. The van der Waals surface area contributed by atoms with E-state index in [9.17, 15) is 4.79 Å². The molecule has 1 fully saturated rings. The molecular weight excluding hydrogens is 228 g/mol. The topological polar surface area (TPSA) is 62.2 Å². The molecule has 5 heteroatoms. The molecule has 5 nitrogen and oxygen atoms in total. The molecule has 0 saturated carbocycles. The number of hydrogen-bond donors (Lipinski definition) is 2. The van der Waals surface area contributed by atoms with Gasteiger partial charge in [0, 0.05) is 35.5 Å². The predicted molar refractivity (Wildman–Crippen MR) is 70.1 cm³/mol. The molecule has 0 aliphatic carbocycles. The lowest BCUT2D eigenvalue weighted by molar-refractivity contribution is 0.453. The molecule has 0 unspecified atom stereocenters. The Kier molecular flexibility index (Phi) is 2.70. The van der Waals surface area contributed by atoms with Gasteiger partial charge >= 0.3 is 0 Å². The van der Waals surface area contributed by atoms with Gasteiger partial charge in [0.05, 0.1) is 0 Å². The van der Waals surface area contributed by atoms with Gasteiger partial charge in [-0.05, 0) is 33.2 Å². The summed E-state index contributed by atoms with van der Waals surface area (Å²) in [6, 6.07) is 2.01. The maximum atomic E-state index is 12.1. The van der Waals surface area contributed by atoms with Crippen LogP contribution in [-0.4, -0.2) is 27.7 Å². The van der Waals surface area contributed by atoms with Gasteiger partial charge in [0.25, 0.3) is 5.56 Å². The molecule has 1 aliphatic heterocycles. The van der Waals surface area contributed by atoms with Crippen LogP contribution in [0.15, 0.2) is 10.9 Å². The van der Waals surface area contributed by atoms with E-state index >= 15 is 0 Å². The zero-order valence-corrected chi connectivity index (χ0v) is 10.8. The van der Waals surface area contributed by atoms with E-state index in [1.54, 1.807) is 4.52 Å². The fourth-order valence-electron chi connectivity index (χ4n) is 2.56. The minimum atomic E-state index is 0.00696. The van der Waals surface area contributed by atoms with Crippen molar-refractivity contribution in [1.82, 2.24) is 19.9 Å². The van der Waals surface area contributed by atoms with Crippen LogP contribution in [0.2, 0.25) is 0 Å². The van der Waals surface area contributed by atoms with Crippen molar-refractivity contribution < 1.29 is 0 Å². The summed E-state index contributed by atoms with van der Waals surface area (Å²) in [6.45, 7) is 5.76. The smallest absolute Gasteiger partial charge is 0.275 e. The van der Waals surface area contributed by atoms with Crippen LogP contribution in [-0.2, 0) is 0 Å². The number of rotatable bonds is 1. The van der Waals surface area contributed by atoms with Crippen molar-refractivity contribution in [3.63, 3.8) is 0 Å². The quantitative estimate of drug-likeness (QED) is 0.792. The third kappa shape index (κ3) is 1.75. The minimum Gasteiger partial charge on any atom is -0.316 e. The number of H-pyrrole nitrogens is 1. The molecule has 1 aliphatic rings. The predicted octanol–water partition coefficient (Wildman–Crippen LogP) is 1.11. The molecule has 2 aromatic heterocycles. The number of nitrogens with one attached hydrogen (secondary N) is 2. The lowest BCUT2D eigenvalue weighted by Crippen LogP contribution is -2.28. The van der Waals surface area contributed by atoms with Crippen molar-refractivity contribution in [1.29, 1.82) is 0 Å². The molecule has 0 bridgehead atoms. The Labute approximate surface area is 105 Å². The molecule has 1 saturated heterocycles. The van der Waals surface area contributed by atoms with E-state index in [0.29, 0.717) is 11.5 Å². The van der Waals surface area contributed by atoms with Crippen molar-refractivity contribution >= 4 is 5.65 Å². The second-order valence-corrected chi connectivity index (χ2v) is 5.08. The zero-order valence-electron chi connectivity index (χ0n) is 10.8. The van der Waals surface area contributed by atoms with E-state index in [2.05, 4.69) is 15.4 Å². The highest BCUT2D eigenvalue weighted by atomic mass is 16.1. The fourth-order valence-corrected chi connectivity index (χ4v) is 2.56. The van der Waals surface area contributed by atoms with E-state index in [0.717, 1.165) is 36.5 Å². The van der Waals surface area contributed by atoms with Gasteiger partial charge in [-0.1, -0.05) is 0 Å². The van der Waals surface area contributed by atoms with Crippen LogP contribution in [0.1, 0.15) is 35.7 Å². The number of fused-ring (bicyclic) bond motifs is 1. The van der Waals surface area contributed by atoms with Crippen molar-refractivity contribution in [2.24, 2.45) is 0 Å². The molecule has 0 spiro atoms. The van der Waals surface area contributed by atoms with Crippen LogP contribution in [0.3, 0.4) is 0 Å². The third-order valence-corrected chi connectivity index (χ3v) is 3.84. The fraction of sp³-hybridized carbons (Fsp3) is 0.538. The second kappa shape index (κ2) is 4.24. The summed E-state index contributed by atoms with van der Waals surface area (Å²) < 4.78 is 1.56. The minimum absolute atomic E-state index is 0.00696. The first kappa shape index (κ1) is 11.5. The maximum Gasteiger partial charge on any atom is 0.275 e. The monoisotopic (exact) mass is 246 g/mol. The van der Waals surface area contributed by atoms with Gasteiger partial charge in [-0.15, -0.1) is 0 Å². The van der Waals surface area contributed by atoms with Gasteiger partial charge in [-0.2, -0.15) is 0 Å². The van der Waals surface area contributed by atoms with Crippen molar-refractivity contribution in [2.45, 2.75) is 32.6 Å². The Bertz CT molecular complexity index is 634. The van der Waals surface area contributed by atoms with Crippen molar-refractivity contribution in [3.05, 3.63) is 33.4 Å². The van der Waals surface area contributed by atoms with E-state index in [4.69, 9.17) is 0 Å². The van der Waals surface area contributed by atoms with Crippen molar-refractivity contribution in [2.75, 3.05) is 13.1 Å². The molecule has 3 rings (SSSR count). The Morgan fingerprint density at radius 3 is 3.00 bits per heavy atom. The number of aromatic amines is 1. The summed E-state index contributed by atoms with van der Waals surface area (Å²) in [6.07, 6.45) is 2.34. The van der Waals surface area contributed by atoms with Gasteiger partial charge < -0.3 is 5.32 Å². The number of aryl methyl sites for hydroxylation is 1. The normalized spacial score (nSPS) is 20.4. The summed E-state index contributed by atoms with van der Waals surface area (Å²) in [7, 11) is 0. The Balaban J connectivity index is 2.10. The summed E-state index contributed by atoms with van der Waals surface area (Å²) in [5.74, 6) is 0.459. The van der Waals surface area contributed by atoms with Crippen molar-refractivity contribution in [3.8, 4) is 0 Å². The molecule has 0 amide bonds. The van der Waals surface area contributed by atoms with Gasteiger partial charge in [-0.3, -0.25) is 9.89 Å². The van der Waals surface area contributed by atoms with Gasteiger partial charge in [0.15, 0.2) is 5.65 Å². The van der Waals surface area contributed by atoms with Gasteiger partial charge in [0.2, 0.25) is 0 Å². The second-order valence-electron chi connectivity index (χ2n) is 5.08. The van der Waals surface area contributed by atoms with Crippen LogP contribution in [0.5, 0.6) is 0 Å². The van der Waals surface area contributed by atoms with Gasteiger partial charge in [-0.25, -0.2) is 9.50 Å². The standard InChI is InChI=1S/C13H18N4O/c1-8-9(2)15-12-6-11(16-17(12)13(8)18)10-4-3-5-14-7-10/h6,10,14,16H,3-5,7H2,1-2H3/t10-/m1/s1. The van der Waals surface area contributed by atoms with Crippen LogP contribution in [0.25, 0.3) is 5.65 Å². The number of piperidine rings is 1. The van der Waals surface area contributed by atoms with E-state index in [-0.39, 0.29) is 5.56 Å². The highest BCUT2D eigenvalue weighted by Crippen LogP contribution is 2.22. The van der Waals surface area contributed by atoms with Gasteiger partial charge in [0.1, 0.15) is 0 Å². The molecule has 2 N–H and O–H groups in total. The largest absolute Gasteiger partial charge is 0.316 e. The molecule has 1 atom stereocenters. The van der Waals surface area contributed by atoms with E-state index < -0.39 is 0 Å². The van der Waals surface area contributed by atoms with Crippen LogP contribution in [0, 0.1) is 13.8 Å². The molecule has 3 heterocycles. The molecule has 0 aromatic carbocycles. The van der Waals surface area contributed by atoms with Crippen LogP contribution < -0.4 is 10.9 Å². The molecule has 96 valence electrons. The highest BCUT2D eigenvalue weighted by molar-refractivity contribution is 5.42. The SMILES string of the molecule is Cc1nc2cc([C@@H]3CCCNC3)[nH]n2c(=O)c1C. The lowest BCUT2D eigenvalue weighted by atomic mass is 9.96.